The first-order valence-corrected chi connectivity index (χ1v) is 14.2. The lowest BCUT2D eigenvalue weighted by atomic mass is 9.86. The molecule has 1 atom stereocenters. The molecule has 0 aliphatic heterocycles. The zero-order chi connectivity index (χ0) is 28.7. The molecule has 2 saturated carbocycles. The van der Waals surface area contributed by atoms with Crippen LogP contribution in [-0.4, -0.2) is 31.1 Å². The predicted octanol–water partition coefficient (Wildman–Crippen LogP) is 6.15. The molecule has 42 heavy (non-hydrogen) atoms. The van der Waals surface area contributed by atoms with Gasteiger partial charge in [0.2, 0.25) is 0 Å². The van der Waals surface area contributed by atoms with Gasteiger partial charge in [0.25, 0.3) is 11.5 Å². The lowest BCUT2D eigenvalue weighted by molar-refractivity contribution is 0.102. The Kier molecular flexibility index (Phi) is 6.45. The zero-order valence-electron chi connectivity index (χ0n) is 22.9. The summed E-state index contributed by atoms with van der Waals surface area (Å²) in [5.74, 6) is -0.00140. The second kappa shape index (κ2) is 10.4. The highest BCUT2D eigenvalue weighted by Crippen LogP contribution is 2.57. The summed E-state index contributed by atoms with van der Waals surface area (Å²) in [5.41, 5.74) is 3.32. The third-order valence-corrected chi connectivity index (χ3v) is 8.45. The van der Waals surface area contributed by atoms with E-state index in [1.54, 1.807) is 41.2 Å². The standard InChI is InChI=1S/C32H30FN7O2/c33-22-8-12-24(13-9-22)39-17-4-5-25(31(39)42)36-30(41)21-6-10-23(11-7-21)35-26-19-28(38-40-18-16-34-29(26)40)37-27-20-32(27)14-2-1-3-15-32/h4-13,16-19,27,35H,1-3,14-15,20H2,(H,36,41)(H,37,38). The molecule has 2 fully saturated rings. The highest BCUT2D eigenvalue weighted by atomic mass is 19.1. The number of carbonyl (C=O) groups excluding carboxylic acids is 1. The van der Waals surface area contributed by atoms with E-state index in [0.29, 0.717) is 28.4 Å². The minimum Gasteiger partial charge on any atom is -0.365 e. The summed E-state index contributed by atoms with van der Waals surface area (Å²) in [7, 11) is 0. The molecule has 3 heterocycles. The van der Waals surface area contributed by atoms with Crippen molar-refractivity contribution in [1.82, 2.24) is 19.2 Å². The first-order valence-electron chi connectivity index (χ1n) is 14.2. The molecule has 1 spiro atoms. The van der Waals surface area contributed by atoms with Gasteiger partial charge in [0.05, 0.1) is 5.69 Å². The van der Waals surface area contributed by atoms with Crippen LogP contribution >= 0.6 is 0 Å². The van der Waals surface area contributed by atoms with Gasteiger partial charge in [-0.05, 0) is 85.3 Å². The molecule has 5 aromatic rings. The van der Waals surface area contributed by atoms with Gasteiger partial charge in [0.15, 0.2) is 5.65 Å². The van der Waals surface area contributed by atoms with Crippen molar-refractivity contribution < 1.29 is 9.18 Å². The number of rotatable bonds is 7. The lowest BCUT2D eigenvalue weighted by Crippen LogP contribution is -2.24. The number of aromatic nitrogens is 4. The smallest absolute Gasteiger partial charge is 0.278 e. The van der Waals surface area contributed by atoms with E-state index < -0.39 is 17.3 Å². The van der Waals surface area contributed by atoms with Crippen LogP contribution in [-0.2, 0) is 0 Å². The quantitative estimate of drug-likeness (QED) is 0.219. The number of amides is 1. The van der Waals surface area contributed by atoms with Gasteiger partial charge in [-0.2, -0.15) is 0 Å². The number of anilines is 4. The van der Waals surface area contributed by atoms with Crippen molar-refractivity contribution >= 4 is 34.4 Å². The average Bonchev–Trinajstić information content (AvgIpc) is 3.40. The lowest BCUT2D eigenvalue weighted by Gasteiger charge is -2.22. The fourth-order valence-corrected chi connectivity index (χ4v) is 6.07. The molecule has 2 aromatic carbocycles. The van der Waals surface area contributed by atoms with E-state index in [9.17, 15) is 14.0 Å². The maximum Gasteiger partial charge on any atom is 0.278 e. The van der Waals surface area contributed by atoms with Gasteiger partial charge in [0.1, 0.15) is 17.3 Å². The van der Waals surface area contributed by atoms with Crippen LogP contribution in [0.15, 0.2) is 90.1 Å². The number of benzene rings is 2. The minimum absolute atomic E-state index is 0.123. The SMILES string of the molecule is O=C(Nc1cccn(-c2ccc(F)cc2)c1=O)c1ccc(Nc2cc(NC3CC34CCCCC4)nn3ccnc23)cc1. The molecule has 2 aliphatic carbocycles. The Morgan fingerprint density at radius 3 is 2.52 bits per heavy atom. The first kappa shape index (κ1) is 25.9. The Balaban J connectivity index is 1.06. The number of nitrogens with zero attached hydrogens (tertiary/aromatic N) is 4. The number of fused-ring (bicyclic) bond motifs is 1. The van der Waals surface area contributed by atoms with E-state index >= 15 is 0 Å². The normalized spacial score (nSPS) is 17.2. The van der Waals surface area contributed by atoms with Crippen LogP contribution in [0.25, 0.3) is 11.3 Å². The zero-order valence-corrected chi connectivity index (χ0v) is 22.9. The van der Waals surface area contributed by atoms with Gasteiger partial charge in [-0.3, -0.25) is 14.2 Å². The third-order valence-electron chi connectivity index (χ3n) is 8.45. The van der Waals surface area contributed by atoms with Gasteiger partial charge < -0.3 is 16.0 Å². The van der Waals surface area contributed by atoms with Crippen molar-refractivity contribution in [3.05, 3.63) is 107 Å². The largest absolute Gasteiger partial charge is 0.365 e. The van der Waals surface area contributed by atoms with Crippen molar-refractivity contribution in [3.8, 4) is 5.69 Å². The van der Waals surface area contributed by atoms with E-state index in [1.807, 2.05) is 24.4 Å². The molecule has 0 radical (unpaired) electrons. The Morgan fingerprint density at radius 2 is 1.74 bits per heavy atom. The summed E-state index contributed by atoms with van der Waals surface area (Å²) >= 11 is 0. The third kappa shape index (κ3) is 5.00. The topological polar surface area (TPSA) is 105 Å². The van der Waals surface area contributed by atoms with Gasteiger partial charge in [-0.1, -0.05) is 19.3 Å². The van der Waals surface area contributed by atoms with Crippen molar-refractivity contribution in [2.24, 2.45) is 5.41 Å². The number of carbonyl (C=O) groups is 1. The van der Waals surface area contributed by atoms with Gasteiger partial charge >= 0.3 is 0 Å². The maximum absolute atomic E-state index is 13.3. The van der Waals surface area contributed by atoms with E-state index in [1.165, 1.54) is 67.4 Å². The molecule has 3 aromatic heterocycles. The molecule has 1 amide bonds. The first-order chi connectivity index (χ1) is 20.5. The van der Waals surface area contributed by atoms with Crippen LogP contribution < -0.4 is 21.5 Å². The summed E-state index contributed by atoms with van der Waals surface area (Å²) in [5, 5.41) is 14.5. The molecule has 3 N–H and O–H groups in total. The van der Waals surface area contributed by atoms with Crippen LogP contribution in [0.1, 0.15) is 48.9 Å². The molecule has 2 aliphatic rings. The van der Waals surface area contributed by atoms with Crippen molar-refractivity contribution in [1.29, 1.82) is 0 Å². The maximum atomic E-state index is 13.3. The monoisotopic (exact) mass is 563 g/mol. The van der Waals surface area contributed by atoms with E-state index in [4.69, 9.17) is 5.10 Å². The summed E-state index contributed by atoms with van der Waals surface area (Å²) < 4.78 is 16.4. The van der Waals surface area contributed by atoms with E-state index in [2.05, 4.69) is 20.9 Å². The highest BCUT2D eigenvalue weighted by Gasteiger charge is 2.54. The van der Waals surface area contributed by atoms with Crippen molar-refractivity contribution in [2.75, 3.05) is 16.0 Å². The molecule has 0 saturated heterocycles. The fraction of sp³-hybridized carbons (Fsp3) is 0.250. The Hall–Kier alpha value is -4.99. The Morgan fingerprint density at radius 1 is 0.952 bits per heavy atom. The van der Waals surface area contributed by atoms with E-state index in [0.717, 1.165) is 17.2 Å². The number of hydrogen-bond acceptors (Lipinski definition) is 6. The van der Waals surface area contributed by atoms with Crippen LogP contribution in [0.5, 0.6) is 0 Å². The molecular formula is C32H30FN7O2. The number of halogens is 1. The van der Waals surface area contributed by atoms with Crippen molar-refractivity contribution in [2.45, 2.75) is 44.6 Å². The summed E-state index contributed by atoms with van der Waals surface area (Å²) in [6.07, 6.45) is 12.9. The molecule has 7 rings (SSSR count). The summed E-state index contributed by atoms with van der Waals surface area (Å²) in [6, 6.07) is 18.2. The summed E-state index contributed by atoms with van der Waals surface area (Å²) in [4.78, 5) is 30.4. The van der Waals surface area contributed by atoms with E-state index in [-0.39, 0.29) is 5.69 Å². The number of pyridine rings is 1. The van der Waals surface area contributed by atoms with Gasteiger partial charge in [-0.25, -0.2) is 13.9 Å². The molecule has 10 heteroatoms. The number of hydrogen-bond donors (Lipinski definition) is 3. The number of imidazole rings is 1. The second-order valence-electron chi connectivity index (χ2n) is 11.2. The molecule has 0 bridgehead atoms. The number of nitrogens with one attached hydrogen (secondary N) is 3. The molecule has 212 valence electrons. The minimum atomic E-state index is -0.415. The van der Waals surface area contributed by atoms with Gasteiger partial charge in [0, 0.05) is 47.6 Å². The predicted molar refractivity (Wildman–Crippen MR) is 160 cm³/mol. The molecular weight excluding hydrogens is 533 g/mol. The van der Waals surface area contributed by atoms with Gasteiger partial charge in [-0.15, -0.1) is 5.10 Å². The van der Waals surface area contributed by atoms with Crippen LogP contribution in [0.3, 0.4) is 0 Å². The Bertz CT molecular complexity index is 1820. The van der Waals surface area contributed by atoms with Crippen molar-refractivity contribution in [3.63, 3.8) is 0 Å². The molecule has 9 nitrogen and oxygen atoms in total. The molecule has 1 unspecified atom stereocenters. The van der Waals surface area contributed by atoms with Crippen LogP contribution in [0.2, 0.25) is 0 Å². The van der Waals surface area contributed by atoms with Crippen LogP contribution in [0, 0.1) is 11.2 Å². The van der Waals surface area contributed by atoms with Crippen LogP contribution in [0.4, 0.5) is 27.3 Å². The highest BCUT2D eigenvalue weighted by molar-refractivity contribution is 6.04. The fourth-order valence-electron chi connectivity index (χ4n) is 6.07. The summed E-state index contributed by atoms with van der Waals surface area (Å²) in [6.45, 7) is 0. The average molecular weight is 564 g/mol. The second-order valence-corrected chi connectivity index (χ2v) is 11.2. The Labute approximate surface area is 241 Å².